The highest BCUT2D eigenvalue weighted by Crippen LogP contribution is 2.30. The van der Waals surface area contributed by atoms with E-state index in [1.54, 1.807) is 11.9 Å². The number of nitrogens with zero attached hydrogens (tertiary/aromatic N) is 4. The zero-order valence-corrected chi connectivity index (χ0v) is 18.4. The fourth-order valence-electron chi connectivity index (χ4n) is 4.20. The minimum absolute atomic E-state index is 0.141. The third-order valence-electron chi connectivity index (χ3n) is 5.94. The minimum atomic E-state index is -1.20. The van der Waals surface area contributed by atoms with Gasteiger partial charge in [0.15, 0.2) is 5.69 Å². The number of carbonyl (C=O) groups is 4. The Kier molecular flexibility index (Phi) is 6.14. The number of anilines is 1. The Morgan fingerprint density at radius 3 is 2.73 bits per heavy atom. The van der Waals surface area contributed by atoms with Crippen molar-refractivity contribution < 1.29 is 24.3 Å². The number of carboxylic acid groups (broad SMARTS) is 1. The van der Waals surface area contributed by atoms with E-state index >= 15 is 0 Å². The van der Waals surface area contributed by atoms with E-state index in [-0.39, 0.29) is 23.8 Å². The van der Waals surface area contributed by atoms with E-state index in [0.717, 1.165) is 24.1 Å². The molecule has 1 fully saturated rings. The van der Waals surface area contributed by atoms with E-state index in [1.807, 2.05) is 29.3 Å². The van der Waals surface area contributed by atoms with Crippen molar-refractivity contribution in [3.63, 3.8) is 0 Å². The zero-order valence-electron chi connectivity index (χ0n) is 18.4. The third-order valence-corrected chi connectivity index (χ3v) is 5.94. The van der Waals surface area contributed by atoms with Gasteiger partial charge in [0.1, 0.15) is 11.9 Å². The summed E-state index contributed by atoms with van der Waals surface area (Å²) in [6, 6.07) is 7.98. The van der Waals surface area contributed by atoms with Gasteiger partial charge in [0.05, 0.1) is 0 Å². The number of hydrazine groups is 1. The van der Waals surface area contributed by atoms with Gasteiger partial charge in [-0.15, -0.1) is 0 Å². The van der Waals surface area contributed by atoms with Gasteiger partial charge in [0, 0.05) is 45.1 Å². The van der Waals surface area contributed by atoms with Gasteiger partial charge in [0.25, 0.3) is 5.91 Å². The lowest BCUT2D eigenvalue weighted by molar-refractivity contribution is -0.148. The first-order chi connectivity index (χ1) is 15.7. The molecule has 0 aliphatic carbocycles. The van der Waals surface area contributed by atoms with Crippen LogP contribution >= 0.6 is 0 Å². The predicted molar refractivity (Wildman–Crippen MR) is 117 cm³/mol. The molecule has 0 bridgehead atoms. The Morgan fingerprint density at radius 2 is 2.00 bits per heavy atom. The van der Waals surface area contributed by atoms with Crippen LogP contribution in [0.25, 0.3) is 0 Å². The molecular weight excluding hydrogens is 428 g/mol. The zero-order chi connectivity index (χ0) is 23.7. The SMILES string of the molecule is C[C@H](CC(=O)Nc1cc(C(=O)O)nn1C)C(=O)N[C@@H]1C(=O)N2CCCN2Cc2ccccc21. The molecule has 0 spiro atoms. The summed E-state index contributed by atoms with van der Waals surface area (Å²) < 4.78 is 1.25. The van der Waals surface area contributed by atoms with E-state index in [1.165, 1.54) is 17.8 Å². The van der Waals surface area contributed by atoms with Crippen LogP contribution in [0, 0.1) is 5.92 Å². The molecule has 1 saturated heterocycles. The molecule has 2 aliphatic rings. The summed E-state index contributed by atoms with van der Waals surface area (Å²) in [5, 5.41) is 21.9. The maximum absolute atomic E-state index is 13.2. The molecule has 2 atom stereocenters. The normalized spacial score (nSPS) is 18.8. The van der Waals surface area contributed by atoms with Crippen LogP contribution in [0.2, 0.25) is 0 Å². The van der Waals surface area contributed by atoms with Gasteiger partial charge in [-0.25, -0.2) is 9.80 Å². The van der Waals surface area contributed by atoms with E-state index in [0.29, 0.717) is 13.1 Å². The van der Waals surface area contributed by atoms with Gasteiger partial charge < -0.3 is 15.7 Å². The summed E-state index contributed by atoms with van der Waals surface area (Å²) in [4.78, 5) is 49.7. The number of aryl methyl sites for hydroxylation is 1. The number of nitrogens with one attached hydrogen (secondary N) is 2. The summed E-state index contributed by atoms with van der Waals surface area (Å²) in [6.45, 7) is 3.61. The first-order valence-corrected chi connectivity index (χ1v) is 10.8. The van der Waals surface area contributed by atoms with Crippen molar-refractivity contribution in [3.05, 3.63) is 47.2 Å². The lowest BCUT2D eigenvalue weighted by Crippen LogP contribution is -2.46. The highest BCUT2D eigenvalue weighted by atomic mass is 16.4. The Hall–Kier alpha value is -3.73. The third kappa shape index (κ3) is 4.58. The maximum Gasteiger partial charge on any atom is 0.356 e. The molecule has 1 aromatic carbocycles. The van der Waals surface area contributed by atoms with E-state index in [4.69, 9.17) is 5.11 Å². The highest BCUT2D eigenvalue weighted by molar-refractivity contribution is 5.96. The quantitative estimate of drug-likeness (QED) is 0.590. The molecule has 3 amide bonds. The number of aromatic nitrogens is 2. The number of amides is 3. The monoisotopic (exact) mass is 454 g/mol. The van der Waals surface area contributed by atoms with Crippen molar-refractivity contribution in [2.24, 2.45) is 13.0 Å². The maximum atomic E-state index is 13.2. The predicted octanol–water partition coefficient (Wildman–Crippen LogP) is 0.903. The van der Waals surface area contributed by atoms with Crippen LogP contribution in [0.1, 0.15) is 47.4 Å². The lowest BCUT2D eigenvalue weighted by atomic mass is 9.98. The fourth-order valence-corrected chi connectivity index (χ4v) is 4.20. The van der Waals surface area contributed by atoms with E-state index < -0.39 is 29.7 Å². The highest BCUT2D eigenvalue weighted by Gasteiger charge is 2.38. The summed E-state index contributed by atoms with van der Waals surface area (Å²) in [5.41, 5.74) is 1.55. The Bertz CT molecular complexity index is 1110. The summed E-state index contributed by atoms with van der Waals surface area (Å²) in [7, 11) is 1.51. The number of benzene rings is 1. The van der Waals surface area contributed by atoms with E-state index in [9.17, 15) is 19.2 Å². The summed E-state index contributed by atoms with van der Waals surface area (Å²) in [5.74, 6) is -2.76. The van der Waals surface area contributed by atoms with E-state index in [2.05, 4.69) is 15.7 Å². The average molecular weight is 454 g/mol. The fraction of sp³-hybridized carbons (Fsp3) is 0.409. The van der Waals surface area contributed by atoms with Crippen molar-refractivity contribution in [1.29, 1.82) is 0 Å². The number of carbonyl (C=O) groups excluding carboxylic acids is 3. The van der Waals surface area contributed by atoms with Crippen molar-refractivity contribution >= 4 is 29.5 Å². The van der Waals surface area contributed by atoms with Gasteiger partial charge in [-0.1, -0.05) is 31.2 Å². The van der Waals surface area contributed by atoms with Crippen molar-refractivity contribution in [3.8, 4) is 0 Å². The number of carboxylic acids is 1. The van der Waals surface area contributed by atoms with Crippen molar-refractivity contribution in [2.45, 2.75) is 32.4 Å². The van der Waals surface area contributed by atoms with Gasteiger partial charge >= 0.3 is 5.97 Å². The molecule has 33 heavy (non-hydrogen) atoms. The van der Waals surface area contributed by atoms with Gasteiger partial charge in [-0.2, -0.15) is 5.10 Å². The van der Waals surface area contributed by atoms with Crippen LogP contribution in [-0.2, 0) is 28.0 Å². The summed E-state index contributed by atoms with van der Waals surface area (Å²) in [6.07, 6.45) is 0.737. The van der Waals surface area contributed by atoms with Crippen LogP contribution in [0.5, 0.6) is 0 Å². The summed E-state index contributed by atoms with van der Waals surface area (Å²) >= 11 is 0. The first-order valence-electron chi connectivity index (χ1n) is 10.8. The first kappa shape index (κ1) is 22.5. The molecule has 1 aromatic heterocycles. The number of aromatic carboxylic acids is 1. The lowest BCUT2D eigenvalue weighted by Gasteiger charge is -2.28. The molecule has 3 heterocycles. The van der Waals surface area contributed by atoms with Crippen molar-refractivity contribution in [2.75, 3.05) is 18.4 Å². The molecular formula is C22H26N6O5. The molecule has 11 nitrogen and oxygen atoms in total. The molecule has 0 unspecified atom stereocenters. The van der Waals surface area contributed by atoms with Gasteiger partial charge in [0.2, 0.25) is 11.8 Å². The van der Waals surface area contributed by atoms with Crippen LogP contribution < -0.4 is 10.6 Å². The van der Waals surface area contributed by atoms with Crippen LogP contribution in [-0.4, -0.2) is 61.7 Å². The smallest absolute Gasteiger partial charge is 0.356 e. The molecule has 2 aromatic rings. The van der Waals surface area contributed by atoms with Crippen molar-refractivity contribution in [1.82, 2.24) is 25.1 Å². The topological polar surface area (TPSA) is 137 Å². The Balaban J connectivity index is 1.44. The Morgan fingerprint density at radius 1 is 1.24 bits per heavy atom. The molecule has 4 rings (SSSR count). The Labute approximate surface area is 190 Å². The molecule has 0 radical (unpaired) electrons. The largest absolute Gasteiger partial charge is 0.476 e. The number of fused-ring (bicyclic) bond motifs is 2. The standard InChI is InChI=1S/C22H26N6O5/c1-13(10-18(29)23-17-11-16(22(32)33)25-26(17)2)20(30)24-19-15-7-4-3-6-14(15)12-27-8-5-9-28(27)21(19)31/h3-4,6-7,11,13,19H,5,8-10,12H2,1-2H3,(H,23,29)(H,24,30)(H,32,33)/t13-,19+/m1/s1. The molecule has 2 aliphatic heterocycles. The molecule has 11 heteroatoms. The molecule has 3 N–H and O–H groups in total. The van der Waals surface area contributed by atoms with Crippen LogP contribution in [0.4, 0.5) is 5.82 Å². The average Bonchev–Trinajstić information content (AvgIpc) is 3.36. The molecule has 174 valence electrons. The van der Waals surface area contributed by atoms with Gasteiger partial charge in [-0.3, -0.25) is 24.1 Å². The second-order valence-electron chi connectivity index (χ2n) is 8.34. The number of hydrogen-bond acceptors (Lipinski definition) is 6. The second-order valence-corrected chi connectivity index (χ2v) is 8.34. The van der Waals surface area contributed by atoms with Crippen LogP contribution in [0.15, 0.2) is 30.3 Å². The van der Waals surface area contributed by atoms with Crippen LogP contribution in [0.3, 0.4) is 0 Å². The molecule has 0 saturated carbocycles. The number of hydrogen-bond donors (Lipinski definition) is 3. The van der Waals surface area contributed by atoms with Gasteiger partial charge in [-0.05, 0) is 17.5 Å². The number of rotatable bonds is 6. The minimum Gasteiger partial charge on any atom is -0.476 e. The second kappa shape index (κ2) is 9.02.